The third-order valence-corrected chi connectivity index (χ3v) is 4.86. The Morgan fingerprint density at radius 1 is 0.912 bits per heavy atom. The predicted octanol–water partition coefficient (Wildman–Crippen LogP) is 5.25. The van der Waals surface area contributed by atoms with Crippen molar-refractivity contribution in [2.75, 3.05) is 0 Å². The van der Waals surface area contributed by atoms with Gasteiger partial charge in [-0.05, 0) is 36.4 Å². The van der Waals surface area contributed by atoms with Crippen molar-refractivity contribution in [3.05, 3.63) is 110 Å². The number of aromatic amines is 3. The van der Waals surface area contributed by atoms with E-state index in [1.807, 2.05) is 12.1 Å². The number of rotatable bonds is 5. The van der Waals surface area contributed by atoms with E-state index < -0.39 is 21.4 Å². The highest BCUT2D eigenvalue weighted by molar-refractivity contribution is 6.08. The van der Waals surface area contributed by atoms with Crippen LogP contribution in [0.2, 0.25) is 0 Å². The normalized spacial score (nSPS) is 10.5. The first kappa shape index (κ1) is 22.1. The van der Waals surface area contributed by atoms with Crippen molar-refractivity contribution < 1.29 is 21.9 Å². The Kier molecular flexibility index (Phi) is 5.95. The number of hydrogen-bond acceptors (Lipinski definition) is 6. The van der Waals surface area contributed by atoms with Crippen molar-refractivity contribution in [2.45, 2.75) is 0 Å². The topological polar surface area (TPSA) is 164 Å². The van der Waals surface area contributed by atoms with Gasteiger partial charge in [0, 0.05) is 44.9 Å². The summed E-state index contributed by atoms with van der Waals surface area (Å²) in [6.45, 7) is 0. The minimum Gasteiger partial charge on any atom is -0.360 e. The zero-order valence-corrected chi connectivity index (χ0v) is 17.2. The number of nitro groups is 2. The highest BCUT2D eigenvalue weighted by atomic mass is 19.1. The summed E-state index contributed by atoms with van der Waals surface area (Å²) in [6.07, 6.45) is 3.30. The van der Waals surface area contributed by atoms with E-state index in [1.165, 1.54) is 24.4 Å². The Morgan fingerprint density at radius 3 is 2.24 bits per heavy atom. The van der Waals surface area contributed by atoms with E-state index in [0.717, 1.165) is 34.8 Å². The van der Waals surface area contributed by atoms with Crippen LogP contribution in [0.25, 0.3) is 22.3 Å². The van der Waals surface area contributed by atoms with E-state index in [0.29, 0.717) is 5.69 Å². The maximum Gasteiger partial charge on any atom is 0.270 e. The van der Waals surface area contributed by atoms with Gasteiger partial charge >= 0.3 is 0 Å². The Morgan fingerprint density at radius 2 is 1.59 bits per heavy atom. The first-order valence-corrected chi connectivity index (χ1v) is 9.73. The standard InChI is InChI=1S/C11H7FN2O3.C11H8N4O2.2H2/c12-9-4-3-7(14(16)17)6-8(9)11(15)10-2-1-5-13-10;16-15(17)7-3-4-9-8(6-7)11(14-13-9)10-2-1-5-12-10;;/h1-6,13H;1-6,12H,(H,13,14);2*1H. The van der Waals surface area contributed by atoms with Gasteiger partial charge in [-0.2, -0.15) is 5.10 Å². The van der Waals surface area contributed by atoms with Crippen LogP contribution in [0.5, 0.6) is 0 Å². The zero-order valence-electron chi connectivity index (χ0n) is 17.2. The van der Waals surface area contributed by atoms with Gasteiger partial charge in [0.2, 0.25) is 5.78 Å². The SMILES string of the molecule is O=C(c1ccc[nH]1)c1cc([N+](=O)[O-])ccc1F.O=[N+]([O-])c1ccc2[nH]nc(-c3ccc[nH]3)c2c1.[HH].[HH]. The maximum atomic E-state index is 13.4. The number of aromatic nitrogens is 4. The third kappa shape index (κ3) is 4.41. The van der Waals surface area contributed by atoms with Gasteiger partial charge in [0.25, 0.3) is 11.4 Å². The second kappa shape index (κ2) is 9.16. The molecule has 174 valence electrons. The van der Waals surface area contributed by atoms with E-state index >= 15 is 0 Å². The van der Waals surface area contributed by atoms with Crippen LogP contribution in [-0.4, -0.2) is 35.8 Å². The lowest BCUT2D eigenvalue weighted by molar-refractivity contribution is -0.385. The van der Waals surface area contributed by atoms with Crippen LogP contribution < -0.4 is 0 Å². The van der Waals surface area contributed by atoms with Crippen LogP contribution >= 0.6 is 0 Å². The average molecular weight is 466 g/mol. The number of hydrogen-bond donors (Lipinski definition) is 3. The molecule has 5 aromatic rings. The summed E-state index contributed by atoms with van der Waals surface area (Å²) in [5, 5.41) is 29.0. The maximum absolute atomic E-state index is 13.4. The van der Waals surface area contributed by atoms with Crippen molar-refractivity contribution in [1.82, 2.24) is 20.2 Å². The van der Waals surface area contributed by atoms with E-state index in [9.17, 15) is 29.4 Å². The van der Waals surface area contributed by atoms with E-state index in [-0.39, 0.29) is 25.5 Å². The summed E-state index contributed by atoms with van der Waals surface area (Å²) in [5.41, 5.74) is 1.91. The molecule has 0 spiro atoms. The summed E-state index contributed by atoms with van der Waals surface area (Å²) in [4.78, 5) is 37.6. The predicted molar refractivity (Wildman–Crippen MR) is 124 cm³/mol. The van der Waals surface area contributed by atoms with Gasteiger partial charge in [-0.15, -0.1) is 0 Å². The number of fused-ring (bicyclic) bond motifs is 1. The Bertz CT molecular complexity index is 1500. The van der Waals surface area contributed by atoms with Crippen LogP contribution in [0, 0.1) is 26.0 Å². The molecule has 0 atom stereocenters. The monoisotopic (exact) mass is 466 g/mol. The van der Waals surface area contributed by atoms with E-state index in [2.05, 4.69) is 20.2 Å². The molecule has 3 aromatic heterocycles. The highest BCUT2D eigenvalue weighted by Gasteiger charge is 2.18. The van der Waals surface area contributed by atoms with Gasteiger partial charge in [-0.1, -0.05) is 0 Å². The molecular formula is C22H19FN6O5. The van der Waals surface area contributed by atoms with Crippen molar-refractivity contribution in [3.8, 4) is 11.4 Å². The van der Waals surface area contributed by atoms with Crippen LogP contribution in [0.4, 0.5) is 15.8 Å². The molecule has 11 nitrogen and oxygen atoms in total. The zero-order chi connectivity index (χ0) is 24.2. The molecule has 12 heteroatoms. The summed E-state index contributed by atoms with van der Waals surface area (Å²) in [5.74, 6) is -1.40. The molecule has 0 aliphatic rings. The molecule has 0 aliphatic heterocycles. The van der Waals surface area contributed by atoms with E-state index in [1.54, 1.807) is 18.3 Å². The summed E-state index contributed by atoms with van der Waals surface area (Å²) in [7, 11) is 0. The number of ketones is 1. The lowest BCUT2D eigenvalue weighted by atomic mass is 10.1. The lowest BCUT2D eigenvalue weighted by Crippen LogP contribution is -2.05. The molecule has 3 heterocycles. The van der Waals surface area contributed by atoms with Crippen molar-refractivity contribution in [1.29, 1.82) is 0 Å². The largest absolute Gasteiger partial charge is 0.360 e. The van der Waals surface area contributed by atoms with Gasteiger partial charge in [0.15, 0.2) is 0 Å². The number of nitrogens with zero attached hydrogens (tertiary/aromatic N) is 3. The molecule has 0 saturated heterocycles. The molecule has 0 radical (unpaired) electrons. The molecule has 34 heavy (non-hydrogen) atoms. The van der Waals surface area contributed by atoms with Crippen molar-refractivity contribution in [3.63, 3.8) is 0 Å². The van der Waals surface area contributed by atoms with Gasteiger partial charge in [-0.3, -0.25) is 30.1 Å². The molecule has 0 unspecified atom stereocenters. The number of halogens is 1. The average Bonchev–Trinajstić information content (AvgIpc) is 3.60. The van der Waals surface area contributed by atoms with Gasteiger partial charge in [-0.25, -0.2) is 4.39 Å². The van der Waals surface area contributed by atoms with Gasteiger partial charge in [0.1, 0.15) is 11.5 Å². The second-order valence-electron chi connectivity index (χ2n) is 6.98. The summed E-state index contributed by atoms with van der Waals surface area (Å²) >= 11 is 0. The smallest absolute Gasteiger partial charge is 0.270 e. The minimum atomic E-state index is -0.782. The number of H-pyrrole nitrogens is 3. The number of nitrogens with one attached hydrogen (secondary N) is 3. The number of non-ortho nitro benzene ring substituents is 2. The van der Waals surface area contributed by atoms with Crippen LogP contribution in [-0.2, 0) is 0 Å². The molecule has 0 fully saturated rings. The fourth-order valence-corrected chi connectivity index (χ4v) is 3.22. The molecule has 0 amide bonds. The molecule has 2 aromatic carbocycles. The highest BCUT2D eigenvalue weighted by Crippen LogP contribution is 2.28. The van der Waals surface area contributed by atoms with Crippen LogP contribution in [0.3, 0.4) is 0 Å². The molecular weight excluding hydrogens is 447 g/mol. The molecule has 0 aliphatic carbocycles. The fourth-order valence-electron chi connectivity index (χ4n) is 3.22. The van der Waals surface area contributed by atoms with Crippen molar-refractivity contribution >= 4 is 28.1 Å². The second-order valence-corrected chi connectivity index (χ2v) is 6.98. The number of carbonyl (C=O) groups is 1. The lowest BCUT2D eigenvalue weighted by Gasteiger charge is -2.00. The molecule has 0 bridgehead atoms. The van der Waals surface area contributed by atoms with Crippen LogP contribution in [0.1, 0.15) is 18.9 Å². The Balaban J connectivity index is 0.000000240. The minimum absolute atomic E-state index is 0. The fraction of sp³-hybridized carbons (Fsp3) is 0. The summed E-state index contributed by atoms with van der Waals surface area (Å²) < 4.78 is 13.4. The number of nitro benzene ring substituents is 2. The first-order chi connectivity index (χ1) is 16.3. The number of benzene rings is 2. The molecule has 3 N–H and O–H groups in total. The Hall–Kier alpha value is -5.13. The quantitative estimate of drug-likeness (QED) is 0.182. The molecule has 0 saturated carbocycles. The Labute approximate surface area is 192 Å². The number of carbonyl (C=O) groups excluding carboxylic acids is 1. The van der Waals surface area contributed by atoms with Gasteiger partial charge in [0.05, 0.1) is 32.3 Å². The molecule has 5 rings (SSSR count). The third-order valence-electron chi connectivity index (χ3n) is 4.86. The first-order valence-electron chi connectivity index (χ1n) is 9.73. The summed E-state index contributed by atoms with van der Waals surface area (Å²) in [6, 6.07) is 14.3. The van der Waals surface area contributed by atoms with Gasteiger partial charge < -0.3 is 9.97 Å². The van der Waals surface area contributed by atoms with Crippen molar-refractivity contribution in [2.24, 2.45) is 0 Å². The van der Waals surface area contributed by atoms with E-state index in [4.69, 9.17) is 0 Å². The van der Waals surface area contributed by atoms with Crippen LogP contribution in [0.15, 0.2) is 73.1 Å².